The molecule has 0 aliphatic heterocycles. The molecule has 0 bridgehead atoms. The Morgan fingerprint density at radius 3 is 3.00 bits per heavy atom. The molecule has 1 amide bonds. The highest BCUT2D eigenvalue weighted by atomic mass is 32.2. The number of aliphatic hydroxyl groups excluding tert-OH is 1. The molecule has 1 unspecified atom stereocenters. The number of fused-ring (bicyclic) bond motifs is 1. The van der Waals surface area contributed by atoms with E-state index in [1.807, 2.05) is 24.3 Å². The van der Waals surface area contributed by atoms with Crippen LogP contribution in [0.25, 0.3) is 10.9 Å². The second-order valence-electron chi connectivity index (χ2n) is 4.14. The molecule has 2 rings (SSSR count). The summed E-state index contributed by atoms with van der Waals surface area (Å²) in [7, 11) is 0. The molecule has 5 nitrogen and oxygen atoms in total. The van der Waals surface area contributed by atoms with E-state index < -0.39 is 6.10 Å². The van der Waals surface area contributed by atoms with E-state index in [1.165, 1.54) is 18.1 Å². The van der Waals surface area contributed by atoms with E-state index in [-0.39, 0.29) is 18.2 Å². The molecule has 0 aliphatic carbocycles. The van der Waals surface area contributed by atoms with Crippen molar-refractivity contribution in [1.82, 2.24) is 15.3 Å². The number of amides is 1. The van der Waals surface area contributed by atoms with Crippen molar-refractivity contribution in [3.63, 3.8) is 0 Å². The van der Waals surface area contributed by atoms with Crippen molar-refractivity contribution in [1.29, 1.82) is 0 Å². The van der Waals surface area contributed by atoms with Crippen molar-refractivity contribution in [2.45, 2.75) is 18.1 Å². The third kappa shape index (κ3) is 3.90. The number of carbonyl (C=O) groups excluding carboxylic acids is 1. The largest absolute Gasteiger partial charge is 0.392 e. The van der Waals surface area contributed by atoms with Crippen LogP contribution in [0.5, 0.6) is 0 Å². The molecule has 0 saturated carbocycles. The predicted molar refractivity (Wildman–Crippen MR) is 75.0 cm³/mol. The van der Waals surface area contributed by atoms with Gasteiger partial charge in [-0.3, -0.25) is 4.79 Å². The van der Waals surface area contributed by atoms with Crippen LogP contribution in [0.1, 0.15) is 6.92 Å². The minimum Gasteiger partial charge on any atom is -0.392 e. The van der Waals surface area contributed by atoms with Crippen LogP contribution in [0, 0.1) is 0 Å². The Kier molecular flexibility index (Phi) is 4.70. The van der Waals surface area contributed by atoms with E-state index in [1.54, 1.807) is 6.92 Å². The van der Waals surface area contributed by atoms with E-state index in [9.17, 15) is 4.79 Å². The average molecular weight is 277 g/mol. The number of benzene rings is 1. The summed E-state index contributed by atoms with van der Waals surface area (Å²) in [6.45, 7) is 1.90. The lowest BCUT2D eigenvalue weighted by Crippen LogP contribution is -2.31. The lowest BCUT2D eigenvalue weighted by Gasteiger charge is -2.07. The molecule has 0 fully saturated rings. The molecule has 0 radical (unpaired) electrons. The molecule has 1 atom stereocenters. The van der Waals surface area contributed by atoms with Crippen LogP contribution in [0.3, 0.4) is 0 Å². The number of hydrogen-bond acceptors (Lipinski definition) is 5. The van der Waals surface area contributed by atoms with Crippen LogP contribution in [0.4, 0.5) is 0 Å². The molecular weight excluding hydrogens is 262 g/mol. The van der Waals surface area contributed by atoms with Gasteiger partial charge in [0.05, 0.1) is 17.4 Å². The first-order valence-corrected chi connectivity index (χ1v) is 6.92. The monoisotopic (exact) mass is 277 g/mol. The molecule has 1 heterocycles. The average Bonchev–Trinajstić information content (AvgIpc) is 2.42. The molecule has 19 heavy (non-hydrogen) atoms. The van der Waals surface area contributed by atoms with E-state index in [0.29, 0.717) is 0 Å². The number of hydrogen-bond donors (Lipinski definition) is 2. The van der Waals surface area contributed by atoms with Gasteiger partial charge in [-0.25, -0.2) is 9.97 Å². The van der Waals surface area contributed by atoms with Crippen LogP contribution >= 0.6 is 11.8 Å². The minimum absolute atomic E-state index is 0.117. The van der Waals surface area contributed by atoms with Crippen LogP contribution in [0.15, 0.2) is 35.6 Å². The number of aromatic nitrogens is 2. The zero-order chi connectivity index (χ0) is 13.7. The zero-order valence-corrected chi connectivity index (χ0v) is 11.4. The summed E-state index contributed by atoms with van der Waals surface area (Å²) in [6.07, 6.45) is 0.965. The first-order valence-electron chi connectivity index (χ1n) is 5.94. The molecule has 0 spiro atoms. The standard InChI is InChI=1S/C13H15N3O2S/c1-9(17)6-14-12(18)7-19-13-10-4-2-3-5-11(10)15-8-16-13/h2-5,8-9,17H,6-7H2,1H3,(H,14,18). The number of nitrogens with one attached hydrogen (secondary N) is 1. The van der Waals surface area contributed by atoms with E-state index in [4.69, 9.17) is 5.11 Å². The summed E-state index contributed by atoms with van der Waals surface area (Å²) in [4.78, 5) is 19.9. The van der Waals surface area contributed by atoms with Crippen molar-refractivity contribution in [2.24, 2.45) is 0 Å². The summed E-state index contributed by atoms with van der Waals surface area (Å²) in [5.74, 6) is 0.155. The maximum atomic E-state index is 11.6. The predicted octanol–water partition coefficient (Wildman–Crippen LogP) is 1.22. The Morgan fingerprint density at radius 2 is 2.21 bits per heavy atom. The molecule has 1 aromatic carbocycles. The number of aliphatic hydroxyl groups is 1. The van der Waals surface area contributed by atoms with Gasteiger partial charge in [-0.15, -0.1) is 0 Å². The number of rotatable bonds is 5. The minimum atomic E-state index is -0.533. The van der Waals surface area contributed by atoms with Gasteiger partial charge in [0.1, 0.15) is 11.4 Å². The first-order chi connectivity index (χ1) is 9.16. The van der Waals surface area contributed by atoms with Crippen molar-refractivity contribution in [3.8, 4) is 0 Å². The highest BCUT2D eigenvalue weighted by molar-refractivity contribution is 8.00. The number of nitrogens with zero attached hydrogens (tertiary/aromatic N) is 2. The van der Waals surface area contributed by atoms with Gasteiger partial charge >= 0.3 is 0 Å². The van der Waals surface area contributed by atoms with Crippen molar-refractivity contribution >= 4 is 28.6 Å². The van der Waals surface area contributed by atoms with E-state index in [0.717, 1.165) is 15.9 Å². The summed E-state index contributed by atoms with van der Waals surface area (Å²) in [5, 5.41) is 13.5. The van der Waals surface area contributed by atoms with Crippen molar-refractivity contribution < 1.29 is 9.90 Å². The fourth-order valence-electron chi connectivity index (χ4n) is 1.54. The number of para-hydroxylation sites is 1. The Hall–Kier alpha value is -1.66. The van der Waals surface area contributed by atoms with Gasteiger partial charge in [-0.05, 0) is 13.0 Å². The Balaban J connectivity index is 2.00. The van der Waals surface area contributed by atoms with Crippen LogP contribution in [-0.2, 0) is 4.79 Å². The van der Waals surface area contributed by atoms with Gasteiger partial charge < -0.3 is 10.4 Å². The maximum Gasteiger partial charge on any atom is 0.230 e. The SMILES string of the molecule is CC(O)CNC(=O)CSc1ncnc2ccccc12. The summed E-state index contributed by atoms with van der Waals surface area (Å²) in [6, 6.07) is 7.68. The van der Waals surface area contributed by atoms with Crippen molar-refractivity contribution in [2.75, 3.05) is 12.3 Å². The molecule has 0 aliphatic rings. The first kappa shape index (κ1) is 13.8. The third-order valence-electron chi connectivity index (χ3n) is 2.44. The fourth-order valence-corrected chi connectivity index (χ4v) is 2.36. The molecule has 0 saturated heterocycles. The Bertz CT molecular complexity index is 569. The molecule has 2 N–H and O–H groups in total. The van der Waals surface area contributed by atoms with Gasteiger partial charge in [-0.2, -0.15) is 0 Å². The van der Waals surface area contributed by atoms with E-state index >= 15 is 0 Å². The van der Waals surface area contributed by atoms with Gasteiger partial charge in [0.15, 0.2) is 0 Å². The summed E-state index contributed by atoms with van der Waals surface area (Å²) in [5.41, 5.74) is 0.865. The maximum absolute atomic E-state index is 11.6. The fraction of sp³-hybridized carbons (Fsp3) is 0.308. The van der Waals surface area contributed by atoms with Crippen molar-refractivity contribution in [3.05, 3.63) is 30.6 Å². The Labute approximate surface area is 115 Å². The van der Waals surface area contributed by atoms with E-state index in [2.05, 4.69) is 15.3 Å². The summed E-state index contributed by atoms with van der Waals surface area (Å²) < 4.78 is 0. The second kappa shape index (κ2) is 6.49. The number of carbonyl (C=O) groups is 1. The lowest BCUT2D eigenvalue weighted by atomic mass is 10.2. The smallest absolute Gasteiger partial charge is 0.230 e. The van der Waals surface area contributed by atoms with Crippen LogP contribution in [0.2, 0.25) is 0 Å². The van der Waals surface area contributed by atoms with Gasteiger partial charge in [0.25, 0.3) is 0 Å². The van der Waals surface area contributed by atoms with Gasteiger partial charge in [0, 0.05) is 11.9 Å². The molecule has 6 heteroatoms. The normalized spacial score (nSPS) is 12.3. The quantitative estimate of drug-likeness (QED) is 0.635. The van der Waals surface area contributed by atoms with Crippen LogP contribution < -0.4 is 5.32 Å². The topological polar surface area (TPSA) is 75.1 Å². The number of thioether (sulfide) groups is 1. The lowest BCUT2D eigenvalue weighted by molar-refractivity contribution is -0.118. The highest BCUT2D eigenvalue weighted by Crippen LogP contribution is 2.23. The highest BCUT2D eigenvalue weighted by Gasteiger charge is 2.07. The molecule has 100 valence electrons. The Morgan fingerprint density at radius 1 is 1.42 bits per heavy atom. The van der Waals surface area contributed by atoms with Gasteiger partial charge in [0.2, 0.25) is 5.91 Å². The molecular formula is C13H15N3O2S. The van der Waals surface area contributed by atoms with Gasteiger partial charge in [-0.1, -0.05) is 30.0 Å². The molecule has 2 aromatic rings. The van der Waals surface area contributed by atoms with Crippen LogP contribution in [-0.4, -0.2) is 39.4 Å². The molecule has 1 aromatic heterocycles. The zero-order valence-electron chi connectivity index (χ0n) is 10.5. The summed E-state index contributed by atoms with van der Waals surface area (Å²) >= 11 is 1.36. The third-order valence-corrected chi connectivity index (χ3v) is 3.45. The second-order valence-corrected chi connectivity index (χ2v) is 5.10.